The Labute approximate surface area is 185 Å². The first kappa shape index (κ1) is 24.7. The number of hydrogen-bond acceptors (Lipinski definition) is 6. The van der Waals surface area contributed by atoms with E-state index >= 15 is 0 Å². The smallest absolute Gasteiger partial charge is 0.306 e. The number of benzene rings is 1. The van der Waals surface area contributed by atoms with Crippen molar-refractivity contribution in [1.82, 2.24) is 9.91 Å². The summed E-state index contributed by atoms with van der Waals surface area (Å²) in [7, 11) is 3.08. The number of Topliss-reactive ketones (excluding diaryl/α,β-unsaturated/α-hetero) is 1. The second-order valence-corrected chi connectivity index (χ2v) is 8.64. The molecular formula is C24H35N3O4. The second kappa shape index (κ2) is 11.2. The highest BCUT2D eigenvalue weighted by atomic mass is 16.5. The summed E-state index contributed by atoms with van der Waals surface area (Å²) in [4.78, 5) is 35.9. The van der Waals surface area contributed by atoms with Crippen LogP contribution in [0.1, 0.15) is 52.0 Å². The van der Waals surface area contributed by atoms with E-state index in [-0.39, 0.29) is 35.4 Å². The summed E-state index contributed by atoms with van der Waals surface area (Å²) >= 11 is 0. The Morgan fingerprint density at radius 1 is 1.26 bits per heavy atom. The fourth-order valence-corrected chi connectivity index (χ4v) is 4.08. The van der Waals surface area contributed by atoms with Gasteiger partial charge in [-0.15, -0.1) is 0 Å². The van der Waals surface area contributed by atoms with Crippen molar-refractivity contribution in [3.63, 3.8) is 0 Å². The summed E-state index contributed by atoms with van der Waals surface area (Å²) in [6, 6.07) is 10.5. The van der Waals surface area contributed by atoms with Gasteiger partial charge in [-0.05, 0) is 18.9 Å². The lowest BCUT2D eigenvalue weighted by Gasteiger charge is -2.44. The molecular weight excluding hydrogens is 394 g/mol. The molecule has 2 aliphatic rings. The van der Waals surface area contributed by atoms with Crippen molar-refractivity contribution in [2.45, 2.75) is 53.0 Å². The molecule has 1 saturated heterocycles. The van der Waals surface area contributed by atoms with E-state index in [9.17, 15) is 14.4 Å². The topological polar surface area (TPSA) is 79.3 Å². The third-order valence-corrected chi connectivity index (χ3v) is 6.06. The average molecular weight is 430 g/mol. The summed E-state index contributed by atoms with van der Waals surface area (Å²) in [6.07, 6.45) is 2.45. The summed E-state index contributed by atoms with van der Waals surface area (Å²) in [5.41, 5.74) is 2.43. The number of methoxy groups -OCH3 is 1. The zero-order chi connectivity index (χ0) is 23.0. The minimum atomic E-state index is -0.313. The van der Waals surface area contributed by atoms with E-state index in [2.05, 4.69) is 45.9 Å². The molecule has 0 N–H and O–H groups in total. The van der Waals surface area contributed by atoms with Crippen molar-refractivity contribution < 1.29 is 19.1 Å². The number of rotatable bonds is 6. The molecule has 1 amide bonds. The molecule has 0 saturated carbocycles. The molecule has 31 heavy (non-hydrogen) atoms. The fourth-order valence-electron chi connectivity index (χ4n) is 4.08. The van der Waals surface area contributed by atoms with Gasteiger partial charge < -0.3 is 4.74 Å². The van der Waals surface area contributed by atoms with Crippen molar-refractivity contribution in [1.29, 1.82) is 0 Å². The van der Waals surface area contributed by atoms with E-state index in [1.54, 1.807) is 7.05 Å². The van der Waals surface area contributed by atoms with E-state index in [1.807, 2.05) is 13.0 Å². The van der Waals surface area contributed by atoms with Crippen LogP contribution in [-0.4, -0.2) is 60.5 Å². The summed E-state index contributed by atoms with van der Waals surface area (Å²) in [5.74, 6) is -0.301. The molecule has 2 heterocycles. The van der Waals surface area contributed by atoms with E-state index < -0.39 is 0 Å². The number of likely N-dealkylation sites (tertiary alicyclic amines) is 1. The van der Waals surface area contributed by atoms with Gasteiger partial charge in [-0.3, -0.25) is 19.3 Å². The number of amides is 1. The Morgan fingerprint density at radius 3 is 2.52 bits per heavy atom. The van der Waals surface area contributed by atoms with Crippen LogP contribution in [0.2, 0.25) is 0 Å². The SMILES string of the molecule is CCC(CC(=O)OC)C(C)=O.CN1N=C2CCN(Cc3ccccc3)CC2(C)CC1=O. The highest BCUT2D eigenvalue weighted by Crippen LogP contribution is 2.35. The van der Waals surface area contributed by atoms with Crippen molar-refractivity contribution in [2.75, 3.05) is 27.2 Å². The molecule has 1 aromatic carbocycles. The monoisotopic (exact) mass is 429 g/mol. The molecule has 1 aromatic rings. The van der Waals surface area contributed by atoms with Crippen molar-refractivity contribution in [3.05, 3.63) is 35.9 Å². The summed E-state index contributed by atoms with van der Waals surface area (Å²) in [6.45, 7) is 8.44. The third-order valence-electron chi connectivity index (χ3n) is 6.06. The lowest BCUT2D eigenvalue weighted by molar-refractivity contribution is -0.143. The molecule has 0 aliphatic carbocycles. The molecule has 7 heteroatoms. The zero-order valence-electron chi connectivity index (χ0n) is 19.4. The van der Waals surface area contributed by atoms with Crippen LogP contribution in [0.15, 0.2) is 35.4 Å². The lowest BCUT2D eigenvalue weighted by Crippen LogP contribution is -2.52. The van der Waals surface area contributed by atoms with E-state index in [4.69, 9.17) is 0 Å². The van der Waals surface area contributed by atoms with Gasteiger partial charge in [0.2, 0.25) is 5.91 Å². The van der Waals surface area contributed by atoms with Crippen LogP contribution in [0.25, 0.3) is 0 Å². The van der Waals surface area contributed by atoms with Crippen molar-refractivity contribution >= 4 is 23.4 Å². The van der Waals surface area contributed by atoms with Crippen molar-refractivity contribution in [3.8, 4) is 0 Å². The number of esters is 1. The number of piperidine rings is 1. The largest absolute Gasteiger partial charge is 0.469 e. The Bertz CT molecular complexity index is 808. The quantitative estimate of drug-likeness (QED) is 0.649. The second-order valence-electron chi connectivity index (χ2n) is 8.64. The maximum atomic E-state index is 11.9. The van der Waals surface area contributed by atoms with Crippen LogP contribution in [0.5, 0.6) is 0 Å². The number of carbonyl (C=O) groups is 3. The number of nitrogens with zero attached hydrogens (tertiary/aromatic N) is 3. The maximum Gasteiger partial charge on any atom is 0.306 e. The van der Waals surface area contributed by atoms with Gasteiger partial charge in [0.25, 0.3) is 0 Å². The Kier molecular flexibility index (Phi) is 8.92. The number of hydrogen-bond donors (Lipinski definition) is 0. The highest BCUT2D eigenvalue weighted by molar-refractivity contribution is 5.98. The number of ketones is 1. The number of fused-ring (bicyclic) bond motifs is 1. The predicted molar refractivity (Wildman–Crippen MR) is 120 cm³/mol. The van der Waals surface area contributed by atoms with Crippen LogP contribution < -0.4 is 0 Å². The molecule has 0 radical (unpaired) electrons. The van der Waals surface area contributed by atoms with E-state index in [0.717, 1.165) is 26.1 Å². The molecule has 0 spiro atoms. The van der Waals surface area contributed by atoms with Gasteiger partial charge in [-0.1, -0.05) is 44.2 Å². The standard InChI is InChI=1S/C16H21N3O.C8H14O3/c1-16-10-15(20)18(2)17-14(16)8-9-19(12-16)11-13-6-4-3-5-7-13;1-4-7(6(2)9)5-8(10)11-3/h3-7H,8-12H2,1-2H3;7H,4-5H2,1-3H3. The third kappa shape index (κ3) is 6.99. The highest BCUT2D eigenvalue weighted by Gasteiger charge is 2.42. The first-order chi connectivity index (χ1) is 14.7. The van der Waals surface area contributed by atoms with Crippen molar-refractivity contribution in [2.24, 2.45) is 16.4 Å². The fraction of sp³-hybridized carbons (Fsp3) is 0.583. The Hall–Kier alpha value is -2.54. The average Bonchev–Trinajstić information content (AvgIpc) is 2.73. The Balaban J connectivity index is 0.000000267. The van der Waals surface area contributed by atoms with Gasteiger partial charge in [-0.2, -0.15) is 5.10 Å². The van der Waals surface area contributed by atoms with Gasteiger partial charge in [0, 0.05) is 56.6 Å². The predicted octanol–water partition coefficient (Wildman–Crippen LogP) is 3.28. The van der Waals surface area contributed by atoms with Crippen LogP contribution in [-0.2, 0) is 25.7 Å². The van der Waals surface area contributed by atoms with Gasteiger partial charge in [0.15, 0.2) is 0 Å². The molecule has 170 valence electrons. The number of carbonyl (C=O) groups excluding carboxylic acids is 3. The van der Waals surface area contributed by atoms with Crippen LogP contribution in [0.4, 0.5) is 0 Å². The van der Waals surface area contributed by atoms with Crippen LogP contribution in [0.3, 0.4) is 0 Å². The first-order valence-corrected chi connectivity index (χ1v) is 10.9. The number of hydrazone groups is 1. The summed E-state index contributed by atoms with van der Waals surface area (Å²) < 4.78 is 4.44. The molecule has 2 unspecified atom stereocenters. The van der Waals surface area contributed by atoms with Gasteiger partial charge in [0.1, 0.15) is 5.78 Å². The molecule has 7 nitrogen and oxygen atoms in total. The van der Waals surface area contributed by atoms with Crippen LogP contribution >= 0.6 is 0 Å². The van der Waals surface area contributed by atoms with Gasteiger partial charge >= 0.3 is 5.97 Å². The molecule has 2 aliphatic heterocycles. The van der Waals surface area contributed by atoms with E-state index in [0.29, 0.717) is 12.8 Å². The minimum Gasteiger partial charge on any atom is -0.469 e. The zero-order valence-corrected chi connectivity index (χ0v) is 19.4. The first-order valence-electron chi connectivity index (χ1n) is 10.9. The van der Waals surface area contributed by atoms with E-state index in [1.165, 1.54) is 30.3 Å². The molecule has 0 bridgehead atoms. The minimum absolute atomic E-state index is 0.0536. The molecule has 2 atom stereocenters. The van der Waals surface area contributed by atoms with Crippen LogP contribution in [0, 0.1) is 11.3 Å². The number of ether oxygens (including phenoxy) is 1. The molecule has 3 rings (SSSR count). The molecule has 0 aromatic heterocycles. The lowest BCUT2D eigenvalue weighted by atomic mass is 9.76. The normalized spacial score (nSPS) is 21.9. The van der Waals surface area contributed by atoms with Gasteiger partial charge in [0.05, 0.1) is 13.5 Å². The Morgan fingerprint density at radius 2 is 1.94 bits per heavy atom. The van der Waals surface area contributed by atoms with Gasteiger partial charge in [-0.25, -0.2) is 5.01 Å². The summed E-state index contributed by atoms with van der Waals surface area (Å²) in [5, 5.41) is 5.98. The maximum absolute atomic E-state index is 11.9. The molecule has 1 fully saturated rings.